The SMILES string of the molecule is COc1cc(CCC(=O)NCc2ccc(OC(F)(F)F)cc2)ccc1S(=O)(=O)Nc1ccc(N)cc1C. The first-order chi connectivity index (χ1) is 17.4. The molecule has 0 aliphatic heterocycles. The highest BCUT2D eigenvalue weighted by atomic mass is 32.2. The van der Waals surface area contributed by atoms with E-state index in [-0.39, 0.29) is 35.3 Å². The molecule has 0 heterocycles. The Morgan fingerprint density at radius 3 is 2.30 bits per heavy atom. The fourth-order valence-electron chi connectivity index (χ4n) is 3.45. The summed E-state index contributed by atoms with van der Waals surface area (Å²) in [5.41, 5.74) is 8.57. The number of anilines is 2. The third kappa shape index (κ3) is 8.04. The molecule has 0 saturated heterocycles. The molecule has 0 aliphatic carbocycles. The summed E-state index contributed by atoms with van der Waals surface area (Å²) < 4.78 is 74.3. The van der Waals surface area contributed by atoms with Crippen LogP contribution in [0, 0.1) is 6.92 Å². The van der Waals surface area contributed by atoms with E-state index in [4.69, 9.17) is 10.5 Å². The van der Waals surface area contributed by atoms with Crippen molar-refractivity contribution in [1.82, 2.24) is 5.32 Å². The van der Waals surface area contributed by atoms with Gasteiger partial charge in [0.15, 0.2) is 0 Å². The van der Waals surface area contributed by atoms with Crippen LogP contribution in [-0.2, 0) is 27.8 Å². The van der Waals surface area contributed by atoms with E-state index < -0.39 is 16.4 Å². The van der Waals surface area contributed by atoms with Crippen LogP contribution in [0.25, 0.3) is 0 Å². The van der Waals surface area contributed by atoms with Gasteiger partial charge < -0.3 is 20.5 Å². The Kier molecular flexibility index (Phi) is 8.53. The Bertz CT molecular complexity index is 1360. The molecule has 0 aromatic heterocycles. The number of benzene rings is 3. The number of methoxy groups -OCH3 is 1. The molecule has 3 rings (SSSR count). The van der Waals surface area contributed by atoms with Gasteiger partial charge >= 0.3 is 6.36 Å². The number of halogens is 3. The van der Waals surface area contributed by atoms with Crippen LogP contribution in [0.15, 0.2) is 65.6 Å². The lowest BCUT2D eigenvalue weighted by molar-refractivity contribution is -0.274. The predicted octanol–water partition coefficient (Wildman–Crippen LogP) is 4.53. The van der Waals surface area contributed by atoms with E-state index in [0.29, 0.717) is 34.5 Å². The highest BCUT2D eigenvalue weighted by molar-refractivity contribution is 7.92. The summed E-state index contributed by atoms with van der Waals surface area (Å²) in [6.45, 7) is 1.86. The zero-order valence-corrected chi connectivity index (χ0v) is 20.9. The second-order valence-electron chi connectivity index (χ2n) is 8.13. The number of aryl methyl sites for hydroxylation is 2. The number of hydrogen-bond acceptors (Lipinski definition) is 6. The number of nitrogen functional groups attached to an aromatic ring is 1. The number of hydrogen-bond donors (Lipinski definition) is 3. The third-order valence-corrected chi connectivity index (χ3v) is 6.70. The summed E-state index contributed by atoms with van der Waals surface area (Å²) in [7, 11) is -2.61. The maximum atomic E-state index is 13.0. The van der Waals surface area contributed by atoms with Gasteiger partial charge in [-0.15, -0.1) is 13.2 Å². The van der Waals surface area contributed by atoms with E-state index in [1.807, 2.05) is 0 Å². The zero-order valence-electron chi connectivity index (χ0n) is 20.1. The minimum Gasteiger partial charge on any atom is -0.495 e. The van der Waals surface area contributed by atoms with E-state index in [2.05, 4.69) is 14.8 Å². The maximum Gasteiger partial charge on any atom is 0.573 e. The number of alkyl halides is 3. The lowest BCUT2D eigenvalue weighted by atomic mass is 10.1. The van der Waals surface area contributed by atoms with Crippen LogP contribution in [0.3, 0.4) is 0 Å². The number of ether oxygens (including phenoxy) is 2. The Balaban J connectivity index is 1.58. The lowest BCUT2D eigenvalue weighted by Crippen LogP contribution is -2.23. The van der Waals surface area contributed by atoms with Crippen molar-refractivity contribution < 1.29 is 35.9 Å². The number of carbonyl (C=O) groups excluding carboxylic acids is 1. The molecule has 0 bridgehead atoms. The van der Waals surface area contributed by atoms with Gasteiger partial charge in [-0.1, -0.05) is 18.2 Å². The predicted molar refractivity (Wildman–Crippen MR) is 133 cm³/mol. The minimum atomic E-state index is -4.77. The van der Waals surface area contributed by atoms with Crippen molar-refractivity contribution in [1.29, 1.82) is 0 Å². The van der Waals surface area contributed by atoms with Gasteiger partial charge in [-0.3, -0.25) is 9.52 Å². The van der Waals surface area contributed by atoms with Crippen LogP contribution < -0.4 is 25.2 Å². The van der Waals surface area contributed by atoms with Crippen molar-refractivity contribution in [3.8, 4) is 11.5 Å². The molecule has 3 aromatic rings. The molecule has 0 aliphatic rings. The molecule has 198 valence electrons. The highest BCUT2D eigenvalue weighted by Crippen LogP contribution is 2.29. The number of nitrogens with one attached hydrogen (secondary N) is 2. The third-order valence-electron chi connectivity index (χ3n) is 5.30. The molecule has 3 aromatic carbocycles. The van der Waals surface area contributed by atoms with Crippen LogP contribution in [0.2, 0.25) is 0 Å². The first-order valence-corrected chi connectivity index (χ1v) is 12.5. The standard InChI is InChI=1S/C25H26F3N3O5S/c1-16-13-19(29)7-10-21(16)31-37(33,34)23-11-5-17(14-22(23)35-2)6-12-24(32)30-15-18-3-8-20(9-4-18)36-25(26,27)28/h3-5,7-11,13-14,31H,6,12,15,29H2,1-2H3,(H,30,32). The van der Waals surface area contributed by atoms with Gasteiger partial charge in [0.05, 0.1) is 12.8 Å². The van der Waals surface area contributed by atoms with Crippen molar-refractivity contribution >= 4 is 27.3 Å². The highest BCUT2D eigenvalue weighted by Gasteiger charge is 2.31. The Labute approximate surface area is 212 Å². The molecular weight excluding hydrogens is 511 g/mol. The molecule has 1 amide bonds. The molecule has 0 saturated carbocycles. The Morgan fingerprint density at radius 2 is 1.68 bits per heavy atom. The second-order valence-corrected chi connectivity index (χ2v) is 9.78. The molecule has 8 nitrogen and oxygen atoms in total. The summed E-state index contributed by atoms with van der Waals surface area (Å²) in [6.07, 6.45) is -4.36. The van der Waals surface area contributed by atoms with Gasteiger partial charge in [-0.05, 0) is 72.5 Å². The molecule has 0 spiro atoms. The van der Waals surface area contributed by atoms with Gasteiger partial charge in [-0.2, -0.15) is 0 Å². The van der Waals surface area contributed by atoms with E-state index in [1.54, 1.807) is 37.3 Å². The van der Waals surface area contributed by atoms with Gasteiger partial charge in [0.2, 0.25) is 5.91 Å². The largest absolute Gasteiger partial charge is 0.573 e. The van der Waals surface area contributed by atoms with Gasteiger partial charge in [0, 0.05) is 18.7 Å². The first-order valence-electron chi connectivity index (χ1n) is 11.0. The van der Waals surface area contributed by atoms with E-state index >= 15 is 0 Å². The average molecular weight is 538 g/mol. The molecule has 12 heteroatoms. The Morgan fingerprint density at radius 1 is 1.00 bits per heavy atom. The van der Waals surface area contributed by atoms with Crippen LogP contribution in [-0.4, -0.2) is 27.8 Å². The van der Waals surface area contributed by atoms with E-state index in [0.717, 1.165) is 0 Å². The summed E-state index contributed by atoms with van der Waals surface area (Å²) >= 11 is 0. The van der Waals surface area contributed by atoms with E-state index in [1.165, 1.54) is 37.4 Å². The zero-order chi connectivity index (χ0) is 27.2. The van der Waals surface area contributed by atoms with Crippen molar-refractivity contribution in [2.24, 2.45) is 0 Å². The molecule has 4 N–H and O–H groups in total. The molecule has 37 heavy (non-hydrogen) atoms. The van der Waals surface area contributed by atoms with Crippen molar-refractivity contribution in [2.45, 2.75) is 37.6 Å². The monoisotopic (exact) mass is 537 g/mol. The van der Waals surface area contributed by atoms with Crippen LogP contribution >= 0.6 is 0 Å². The number of sulfonamides is 1. The average Bonchev–Trinajstić information content (AvgIpc) is 2.83. The van der Waals surface area contributed by atoms with Crippen LogP contribution in [0.1, 0.15) is 23.1 Å². The van der Waals surface area contributed by atoms with Gasteiger partial charge in [-0.25, -0.2) is 8.42 Å². The summed E-state index contributed by atoms with van der Waals surface area (Å²) in [5, 5.41) is 2.69. The van der Waals surface area contributed by atoms with Crippen molar-refractivity contribution in [3.63, 3.8) is 0 Å². The minimum absolute atomic E-state index is 0.0580. The fraction of sp³-hybridized carbons (Fsp3) is 0.240. The smallest absolute Gasteiger partial charge is 0.495 e. The van der Waals surface area contributed by atoms with Crippen molar-refractivity contribution in [3.05, 3.63) is 77.4 Å². The van der Waals surface area contributed by atoms with Crippen molar-refractivity contribution in [2.75, 3.05) is 17.6 Å². The fourth-order valence-corrected chi connectivity index (χ4v) is 4.73. The number of amides is 1. The van der Waals surface area contributed by atoms with Crippen LogP contribution in [0.5, 0.6) is 11.5 Å². The quantitative estimate of drug-likeness (QED) is 0.327. The normalized spacial score (nSPS) is 11.6. The lowest BCUT2D eigenvalue weighted by Gasteiger charge is -2.14. The number of nitrogens with two attached hydrogens (primary N) is 1. The van der Waals surface area contributed by atoms with Gasteiger partial charge in [0.25, 0.3) is 10.0 Å². The number of carbonyl (C=O) groups is 1. The second kappa shape index (κ2) is 11.4. The number of rotatable bonds is 10. The first kappa shape index (κ1) is 27.7. The maximum absolute atomic E-state index is 13.0. The topological polar surface area (TPSA) is 120 Å². The van der Waals surface area contributed by atoms with Crippen LogP contribution in [0.4, 0.5) is 24.5 Å². The molecule has 0 atom stereocenters. The molecular formula is C25H26F3N3O5S. The molecule has 0 fully saturated rings. The van der Waals surface area contributed by atoms with E-state index in [9.17, 15) is 26.4 Å². The molecule has 0 unspecified atom stereocenters. The summed E-state index contributed by atoms with van der Waals surface area (Å²) in [5.74, 6) is -0.507. The van der Waals surface area contributed by atoms with Gasteiger partial charge in [0.1, 0.15) is 16.4 Å². The summed E-state index contributed by atoms with van der Waals surface area (Å²) in [6, 6.07) is 14.6. The Hall–Kier alpha value is -3.93. The molecule has 0 radical (unpaired) electrons. The summed E-state index contributed by atoms with van der Waals surface area (Å²) in [4.78, 5) is 12.2.